The van der Waals surface area contributed by atoms with Gasteiger partial charge in [-0.15, -0.1) is 0 Å². The molecular formula is C36H40O7. The Morgan fingerprint density at radius 3 is 1.40 bits per heavy atom. The van der Waals surface area contributed by atoms with Gasteiger partial charge in [0.25, 0.3) is 0 Å². The highest BCUT2D eigenvalue weighted by Gasteiger charge is 2.49. The van der Waals surface area contributed by atoms with E-state index in [0.717, 1.165) is 22.3 Å². The van der Waals surface area contributed by atoms with Crippen LogP contribution in [0, 0.1) is 0 Å². The maximum atomic E-state index is 10.3. The van der Waals surface area contributed by atoms with Gasteiger partial charge < -0.3 is 33.5 Å². The molecule has 1 heterocycles. The minimum absolute atomic E-state index is 0.227. The van der Waals surface area contributed by atoms with Gasteiger partial charge in [-0.25, -0.2) is 0 Å². The molecule has 0 amide bonds. The standard InChI is InChI=1S/C36H40O7/c1-27(37)42-36-35(41-25-31-20-12-5-13-21-31)34(40-24-30-18-10-4-11-19-30)33(39-23-29-16-8-3-9-17-29)32(43-36)26-38-22-28-14-6-2-7-15-28/h2-21,27,32-37H,22-26H2,1H3/t27?,32-,33-,34+,35+,36?/m1/s1. The van der Waals surface area contributed by atoms with Gasteiger partial charge >= 0.3 is 0 Å². The number of hydrogen-bond donors (Lipinski definition) is 1. The number of ether oxygens (including phenoxy) is 6. The Balaban J connectivity index is 1.42. The molecule has 43 heavy (non-hydrogen) atoms. The monoisotopic (exact) mass is 584 g/mol. The number of hydrogen-bond acceptors (Lipinski definition) is 7. The molecular weight excluding hydrogens is 544 g/mol. The van der Waals surface area contributed by atoms with E-state index in [2.05, 4.69) is 0 Å². The molecule has 0 saturated carbocycles. The molecule has 2 unspecified atom stereocenters. The normalized spacial score (nSPS) is 22.7. The summed E-state index contributed by atoms with van der Waals surface area (Å²) in [7, 11) is 0. The smallest absolute Gasteiger partial charge is 0.189 e. The number of benzene rings is 4. The van der Waals surface area contributed by atoms with Crippen LogP contribution < -0.4 is 0 Å². The van der Waals surface area contributed by atoms with E-state index in [9.17, 15) is 5.11 Å². The Kier molecular flexibility index (Phi) is 11.9. The number of aliphatic hydroxyl groups is 1. The zero-order valence-electron chi connectivity index (χ0n) is 24.4. The Bertz CT molecular complexity index is 1300. The number of aliphatic hydroxyl groups excluding tert-OH is 1. The van der Waals surface area contributed by atoms with Crippen molar-refractivity contribution in [3.8, 4) is 0 Å². The Labute approximate surface area is 253 Å². The average Bonchev–Trinajstić information content (AvgIpc) is 3.04. The molecule has 226 valence electrons. The van der Waals surface area contributed by atoms with Crippen LogP contribution in [0.15, 0.2) is 121 Å². The van der Waals surface area contributed by atoms with Crippen LogP contribution in [0.1, 0.15) is 29.2 Å². The van der Waals surface area contributed by atoms with E-state index in [-0.39, 0.29) is 6.61 Å². The fourth-order valence-electron chi connectivity index (χ4n) is 5.05. The molecule has 1 aliphatic rings. The first-order valence-corrected chi connectivity index (χ1v) is 14.7. The minimum Gasteiger partial charge on any atom is -0.374 e. The predicted octanol–water partition coefficient (Wildman–Crippen LogP) is 6.04. The second kappa shape index (κ2) is 16.4. The van der Waals surface area contributed by atoms with Crippen LogP contribution in [0.5, 0.6) is 0 Å². The first kappa shape index (κ1) is 31.0. The van der Waals surface area contributed by atoms with Crippen molar-refractivity contribution >= 4 is 0 Å². The molecule has 7 heteroatoms. The molecule has 7 nitrogen and oxygen atoms in total. The van der Waals surface area contributed by atoms with Crippen molar-refractivity contribution in [1.82, 2.24) is 0 Å². The second-order valence-corrected chi connectivity index (χ2v) is 10.6. The van der Waals surface area contributed by atoms with E-state index < -0.39 is 37.0 Å². The lowest BCUT2D eigenvalue weighted by atomic mass is 9.97. The van der Waals surface area contributed by atoms with Gasteiger partial charge in [0.1, 0.15) is 24.4 Å². The lowest BCUT2D eigenvalue weighted by molar-refractivity contribution is -0.349. The highest BCUT2D eigenvalue weighted by molar-refractivity contribution is 5.16. The van der Waals surface area contributed by atoms with Gasteiger partial charge in [-0.2, -0.15) is 0 Å². The first-order valence-electron chi connectivity index (χ1n) is 14.7. The first-order chi connectivity index (χ1) is 21.2. The summed E-state index contributed by atoms with van der Waals surface area (Å²) in [5.74, 6) is 0. The highest BCUT2D eigenvalue weighted by Crippen LogP contribution is 2.32. The Morgan fingerprint density at radius 1 is 0.558 bits per heavy atom. The lowest BCUT2D eigenvalue weighted by Crippen LogP contribution is -2.62. The van der Waals surface area contributed by atoms with Gasteiger partial charge in [-0.3, -0.25) is 0 Å². The SMILES string of the molecule is CC(O)OC1O[C@H](COCc2ccccc2)[C@@H](OCc2ccccc2)[C@H](OCc2ccccc2)[C@@H]1OCc1ccccc1. The van der Waals surface area contributed by atoms with Gasteiger partial charge in [-0.1, -0.05) is 121 Å². The van der Waals surface area contributed by atoms with Crippen molar-refractivity contribution in [2.45, 2.75) is 70.3 Å². The van der Waals surface area contributed by atoms with E-state index in [1.807, 2.05) is 121 Å². The summed E-state index contributed by atoms with van der Waals surface area (Å²) < 4.78 is 38.2. The molecule has 1 aliphatic heterocycles. The molecule has 0 aliphatic carbocycles. The maximum absolute atomic E-state index is 10.3. The van der Waals surface area contributed by atoms with Crippen molar-refractivity contribution in [3.05, 3.63) is 144 Å². The van der Waals surface area contributed by atoms with Crippen molar-refractivity contribution in [2.24, 2.45) is 0 Å². The summed E-state index contributed by atoms with van der Waals surface area (Å²) >= 11 is 0. The van der Waals surface area contributed by atoms with Crippen LogP contribution in [-0.2, 0) is 54.8 Å². The summed E-state index contributed by atoms with van der Waals surface area (Å²) in [6.45, 7) is 3.18. The van der Waals surface area contributed by atoms with Gasteiger partial charge in [0, 0.05) is 0 Å². The van der Waals surface area contributed by atoms with Crippen LogP contribution in [0.4, 0.5) is 0 Å². The fraction of sp³-hybridized carbons (Fsp3) is 0.333. The Hall–Kier alpha value is -3.40. The third-order valence-electron chi connectivity index (χ3n) is 7.17. The summed E-state index contributed by atoms with van der Waals surface area (Å²) in [4.78, 5) is 0. The van der Waals surface area contributed by atoms with Crippen LogP contribution in [0.2, 0.25) is 0 Å². The minimum atomic E-state index is -1.09. The molecule has 1 fully saturated rings. The third-order valence-corrected chi connectivity index (χ3v) is 7.17. The summed E-state index contributed by atoms with van der Waals surface area (Å²) in [6, 6.07) is 39.8. The number of rotatable bonds is 15. The van der Waals surface area contributed by atoms with E-state index in [0.29, 0.717) is 26.4 Å². The molecule has 5 rings (SSSR count). The fourth-order valence-corrected chi connectivity index (χ4v) is 5.05. The summed E-state index contributed by atoms with van der Waals surface area (Å²) in [5, 5.41) is 10.3. The van der Waals surface area contributed by atoms with E-state index in [1.54, 1.807) is 6.92 Å². The molecule has 0 radical (unpaired) electrons. The van der Waals surface area contributed by atoms with E-state index in [1.165, 1.54) is 0 Å². The van der Waals surface area contributed by atoms with Crippen molar-refractivity contribution in [3.63, 3.8) is 0 Å². The molecule has 0 bridgehead atoms. The summed E-state index contributed by atoms with van der Waals surface area (Å²) in [5.41, 5.74) is 4.09. The van der Waals surface area contributed by atoms with Gasteiger partial charge in [0.2, 0.25) is 0 Å². The topological polar surface area (TPSA) is 75.6 Å². The van der Waals surface area contributed by atoms with Crippen LogP contribution in [0.25, 0.3) is 0 Å². The van der Waals surface area contributed by atoms with Crippen molar-refractivity contribution < 1.29 is 33.5 Å². The Morgan fingerprint density at radius 2 is 0.953 bits per heavy atom. The molecule has 1 saturated heterocycles. The second-order valence-electron chi connectivity index (χ2n) is 10.6. The highest BCUT2D eigenvalue weighted by atomic mass is 16.8. The lowest BCUT2D eigenvalue weighted by Gasteiger charge is -2.46. The summed E-state index contributed by atoms with van der Waals surface area (Å²) in [6.07, 6.45) is -4.44. The van der Waals surface area contributed by atoms with E-state index in [4.69, 9.17) is 28.4 Å². The largest absolute Gasteiger partial charge is 0.374 e. The molecule has 0 spiro atoms. The predicted molar refractivity (Wildman–Crippen MR) is 163 cm³/mol. The zero-order chi connectivity index (χ0) is 29.7. The maximum Gasteiger partial charge on any atom is 0.189 e. The zero-order valence-corrected chi connectivity index (χ0v) is 24.4. The van der Waals surface area contributed by atoms with Gasteiger partial charge in [0.15, 0.2) is 12.6 Å². The molecule has 1 N–H and O–H groups in total. The van der Waals surface area contributed by atoms with Crippen LogP contribution in [-0.4, -0.2) is 48.7 Å². The van der Waals surface area contributed by atoms with Crippen molar-refractivity contribution in [2.75, 3.05) is 6.61 Å². The van der Waals surface area contributed by atoms with Crippen LogP contribution in [0.3, 0.4) is 0 Å². The van der Waals surface area contributed by atoms with Crippen LogP contribution >= 0.6 is 0 Å². The molecule has 0 aromatic heterocycles. The molecule has 4 aromatic rings. The van der Waals surface area contributed by atoms with Gasteiger partial charge in [0.05, 0.1) is 33.0 Å². The average molecular weight is 585 g/mol. The van der Waals surface area contributed by atoms with Gasteiger partial charge in [-0.05, 0) is 29.2 Å². The quantitative estimate of drug-likeness (QED) is 0.171. The van der Waals surface area contributed by atoms with E-state index >= 15 is 0 Å². The van der Waals surface area contributed by atoms with Crippen molar-refractivity contribution in [1.29, 1.82) is 0 Å². The molecule has 6 atom stereocenters. The third kappa shape index (κ3) is 9.55. The molecule has 4 aromatic carbocycles.